The number of rotatable bonds is 4. The van der Waals surface area contributed by atoms with Crippen molar-refractivity contribution >= 4 is 5.97 Å². The second kappa shape index (κ2) is 6.31. The first-order valence-corrected chi connectivity index (χ1v) is 7.45. The van der Waals surface area contributed by atoms with Gasteiger partial charge in [0.05, 0.1) is 26.7 Å². The molecule has 6 nitrogen and oxygen atoms in total. The fourth-order valence-corrected chi connectivity index (χ4v) is 2.99. The number of methoxy groups -OCH3 is 2. The number of aromatic hydroxyl groups is 2. The number of hydrogen-bond donors (Lipinski definition) is 2. The molecule has 2 atom stereocenters. The number of carbonyl (C=O) groups excluding carboxylic acids is 1. The van der Waals surface area contributed by atoms with E-state index in [0.29, 0.717) is 17.1 Å². The first kappa shape index (κ1) is 16.0. The van der Waals surface area contributed by atoms with Gasteiger partial charge in [-0.25, -0.2) is 0 Å². The highest BCUT2D eigenvalue weighted by Gasteiger charge is 2.39. The summed E-state index contributed by atoms with van der Waals surface area (Å²) < 4.78 is 15.5. The lowest BCUT2D eigenvalue weighted by molar-refractivity contribution is -0.139. The number of phenolic OH excluding ortho intramolecular Hbond substituents is 2. The van der Waals surface area contributed by atoms with Gasteiger partial charge in [-0.3, -0.25) is 4.79 Å². The lowest BCUT2D eigenvalue weighted by Crippen LogP contribution is -2.13. The predicted molar refractivity (Wildman–Crippen MR) is 85.8 cm³/mol. The van der Waals surface area contributed by atoms with Crippen LogP contribution in [0.15, 0.2) is 36.4 Å². The zero-order chi connectivity index (χ0) is 17.3. The summed E-state index contributed by atoms with van der Waals surface area (Å²) in [6, 6.07) is 9.79. The van der Waals surface area contributed by atoms with Crippen LogP contribution in [0.3, 0.4) is 0 Å². The Balaban J connectivity index is 2.01. The molecule has 0 unspecified atom stereocenters. The van der Waals surface area contributed by atoms with Crippen LogP contribution in [0.25, 0.3) is 0 Å². The van der Waals surface area contributed by atoms with Crippen LogP contribution in [-0.4, -0.2) is 37.0 Å². The molecule has 0 aromatic heterocycles. The average Bonchev–Trinajstić information content (AvgIpc) is 2.97. The zero-order valence-electron chi connectivity index (χ0n) is 13.4. The minimum Gasteiger partial charge on any atom is -0.504 e. The fourth-order valence-electron chi connectivity index (χ4n) is 2.99. The SMILES string of the molecule is COc1cc([C@@H]2COC(=O)[C@H]2c2ccc(O)c(OC)c2)ccc1O. The van der Waals surface area contributed by atoms with Crippen LogP contribution >= 0.6 is 0 Å². The van der Waals surface area contributed by atoms with Crippen molar-refractivity contribution in [1.82, 2.24) is 0 Å². The Morgan fingerprint density at radius 1 is 0.958 bits per heavy atom. The molecule has 0 spiro atoms. The fraction of sp³-hybridized carbons (Fsp3) is 0.278. The van der Waals surface area contributed by atoms with E-state index in [0.717, 1.165) is 5.56 Å². The van der Waals surface area contributed by atoms with E-state index in [4.69, 9.17) is 14.2 Å². The van der Waals surface area contributed by atoms with E-state index in [1.807, 2.05) is 0 Å². The number of hydrogen-bond acceptors (Lipinski definition) is 6. The van der Waals surface area contributed by atoms with Crippen molar-refractivity contribution in [3.8, 4) is 23.0 Å². The van der Waals surface area contributed by atoms with Gasteiger partial charge in [0.15, 0.2) is 23.0 Å². The average molecular weight is 330 g/mol. The van der Waals surface area contributed by atoms with Gasteiger partial charge in [-0.1, -0.05) is 12.1 Å². The molecule has 2 aromatic rings. The number of phenols is 2. The van der Waals surface area contributed by atoms with Gasteiger partial charge in [0.1, 0.15) is 0 Å². The van der Waals surface area contributed by atoms with Crippen molar-refractivity contribution in [3.63, 3.8) is 0 Å². The van der Waals surface area contributed by atoms with Crippen LogP contribution < -0.4 is 9.47 Å². The standard InChI is InChI=1S/C18H18O6/c1-22-15-7-10(3-5-13(15)19)12-9-24-18(21)17(12)11-4-6-14(20)16(8-11)23-2/h3-8,12,17,19-20H,9H2,1-2H3/t12-,17-/m0/s1. The van der Waals surface area contributed by atoms with E-state index in [9.17, 15) is 15.0 Å². The topological polar surface area (TPSA) is 85.2 Å². The Kier molecular flexibility index (Phi) is 4.20. The maximum Gasteiger partial charge on any atom is 0.314 e. The minimum atomic E-state index is -0.520. The summed E-state index contributed by atoms with van der Waals surface area (Å²) in [7, 11) is 2.92. The van der Waals surface area contributed by atoms with Gasteiger partial charge >= 0.3 is 5.97 Å². The van der Waals surface area contributed by atoms with Gasteiger partial charge < -0.3 is 24.4 Å². The molecule has 0 aliphatic carbocycles. The minimum absolute atomic E-state index is 0.00969. The van der Waals surface area contributed by atoms with Crippen molar-refractivity contribution in [1.29, 1.82) is 0 Å². The van der Waals surface area contributed by atoms with Crippen LogP contribution in [-0.2, 0) is 9.53 Å². The monoisotopic (exact) mass is 330 g/mol. The Morgan fingerprint density at radius 2 is 1.50 bits per heavy atom. The van der Waals surface area contributed by atoms with Crippen LogP contribution in [0.1, 0.15) is 23.0 Å². The molecule has 0 saturated carbocycles. The predicted octanol–water partition coefficient (Wildman–Crippen LogP) is 2.54. The van der Waals surface area contributed by atoms with Crippen LogP contribution in [0.4, 0.5) is 0 Å². The molecule has 1 aliphatic heterocycles. The highest BCUT2D eigenvalue weighted by molar-refractivity contribution is 5.82. The quantitative estimate of drug-likeness (QED) is 0.838. The van der Waals surface area contributed by atoms with Crippen LogP contribution in [0.5, 0.6) is 23.0 Å². The first-order chi connectivity index (χ1) is 11.5. The van der Waals surface area contributed by atoms with Crippen molar-refractivity contribution < 1.29 is 29.2 Å². The molecule has 6 heteroatoms. The molecule has 1 aliphatic rings. The molecule has 1 saturated heterocycles. The normalized spacial score (nSPS) is 19.8. The summed E-state index contributed by atoms with van der Waals surface area (Å²) in [5, 5.41) is 19.5. The lowest BCUT2D eigenvalue weighted by Gasteiger charge is -2.18. The van der Waals surface area contributed by atoms with E-state index in [1.165, 1.54) is 26.4 Å². The third-order valence-electron chi connectivity index (χ3n) is 4.26. The highest BCUT2D eigenvalue weighted by atomic mass is 16.5. The second-order valence-electron chi connectivity index (χ2n) is 5.58. The second-order valence-corrected chi connectivity index (χ2v) is 5.58. The molecule has 1 fully saturated rings. The number of cyclic esters (lactones) is 1. The molecular weight excluding hydrogens is 312 g/mol. The van der Waals surface area contributed by atoms with Crippen molar-refractivity contribution in [2.45, 2.75) is 11.8 Å². The van der Waals surface area contributed by atoms with Gasteiger partial charge in [0, 0.05) is 5.92 Å². The molecule has 126 valence electrons. The molecule has 2 aromatic carbocycles. The maximum atomic E-state index is 12.3. The summed E-state index contributed by atoms with van der Waals surface area (Å²) in [6.07, 6.45) is 0. The van der Waals surface area contributed by atoms with Crippen LogP contribution in [0, 0.1) is 0 Å². The molecule has 0 amide bonds. The molecule has 2 N–H and O–H groups in total. The Labute approximate surface area is 139 Å². The van der Waals surface area contributed by atoms with E-state index < -0.39 is 5.92 Å². The lowest BCUT2D eigenvalue weighted by atomic mass is 9.83. The summed E-state index contributed by atoms with van der Waals surface area (Å²) in [5.41, 5.74) is 1.52. The largest absolute Gasteiger partial charge is 0.504 e. The van der Waals surface area contributed by atoms with Gasteiger partial charge in [0.25, 0.3) is 0 Å². The maximum absolute atomic E-state index is 12.3. The first-order valence-electron chi connectivity index (χ1n) is 7.45. The van der Waals surface area contributed by atoms with Gasteiger partial charge in [-0.2, -0.15) is 0 Å². The molecule has 1 heterocycles. The summed E-state index contributed by atoms with van der Waals surface area (Å²) in [4.78, 5) is 12.3. The Hall–Kier alpha value is -2.89. The number of esters is 1. The Bertz CT molecular complexity index is 770. The summed E-state index contributed by atoms with van der Waals surface area (Å²) >= 11 is 0. The smallest absolute Gasteiger partial charge is 0.314 e. The molecular formula is C18H18O6. The van der Waals surface area contributed by atoms with E-state index in [2.05, 4.69) is 0 Å². The van der Waals surface area contributed by atoms with Crippen molar-refractivity contribution in [2.75, 3.05) is 20.8 Å². The molecule has 0 radical (unpaired) electrons. The summed E-state index contributed by atoms with van der Waals surface area (Å²) in [6.45, 7) is 0.237. The number of benzene rings is 2. The van der Waals surface area contributed by atoms with E-state index >= 15 is 0 Å². The van der Waals surface area contributed by atoms with Gasteiger partial charge in [0.2, 0.25) is 0 Å². The third kappa shape index (κ3) is 2.71. The van der Waals surface area contributed by atoms with Crippen molar-refractivity contribution in [3.05, 3.63) is 47.5 Å². The van der Waals surface area contributed by atoms with E-state index in [1.54, 1.807) is 24.3 Å². The molecule has 3 rings (SSSR count). The zero-order valence-corrected chi connectivity index (χ0v) is 13.4. The summed E-state index contributed by atoms with van der Waals surface area (Å²) in [5.74, 6) is -0.386. The van der Waals surface area contributed by atoms with E-state index in [-0.39, 0.29) is 30.0 Å². The number of ether oxygens (including phenoxy) is 3. The Morgan fingerprint density at radius 3 is 2.08 bits per heavy atom. The van der Waals surface area contributed by atoms with Gasteiger partial charge in [-0.05, 0) is 35.4 Å². The van der Waals surface area contributed by atoms with Crippen molar-refractivity contribution in [2.24, 2.45) is 0 Å². The molecule has 0 bridgehead atoms. The van der Waals surface area contributed by atoms with Crippen LogP contribution in [0.2, 0.25) is 0 Å². The third-order valence-corrected chi connectivity index (χ3v) is 4.26. The van der Waals surface area contributed by atoms with Gasteiger partial charge in [-0.15, -0.1) is 0 Å². The molecule has 24 heavy (non-hydrogen) atoms. The number of carbonyl (C=O) groups is 1. The highest BCUT2D eigenvalue weighted by Crippen LogP contribution is 2.43.